The molecule has 0 aliphatic rings. The summed E-state index contributed by atoms with van der Waals surface area (Å²) < 4.78 is 5.72. The molecule has 142 valence electrons. The lowest BCUT2D eigenvalue weighted by Gasteiger charge is -2.14. The second-order valence-corrected chi connectivity index (χ2v) is 7.74. The van der Waals surface area contributed by atoms with Crippen LogP contribution >= 0.6 is 0 Å². The molecule has 0 heterocycles. The minimum Gasteiger partial charge on any atom is -0.423 e. The number of carbonyl (C=O) groups excluding carboxylic acids is 1. The van der Waals surface area contributed by atoms with Crippen molar-refractivity contribution in [3.8, 4) is 5.75 Å². The highest BCUT2D eigenvalue weighted by molar-refractivity contribution is 6.26. The topological polar surface area (TPSA) is 26.3 Å². The SMILES string of the molecule is CCC(C)c1ccc(OC(=O)c2ccc3ccc4cccc5ccc2c3c45)cc1. The van der Waals surface area contributed by atoms with E-state index in [0.29, 0.717) is 17.2 Å². The zero-order valence-corrected chi connectivity index (χ0v) is 16.6. The summed E-state index contributed by atoms with van der Waals surface area (Å²) in [6.45, 7) is 4.37. The minimum absolute atomic E-state index is 0.320. The fraction of sp³-hybridized carbons (Fsp3) is 0.148. The van der Waals surface area contributed by atoms with Crippen molar-refractivity contribution in [2.45, 2.75) is 26.2 Å². The molecule has 2 nitrogen and oxygen atoms in total. The molecule has 0 spiro atoms. The molecule has 2 heteroatoms. The predicted molar refractivity (Wildman–Crippen MR) is 120 cm³/mol. The molecule has 0 N–H and O–H groups in total. The van der Waals surface area contributed by atoms with Crippen molar-refractivity contribution in [3.63, 3.8) is 0 Å². The highest BCUT2D eigenvalue weighted by Gasteiger charge is 2.16. The van der Waals surface area contributed by atoms with Gasteiger partial charge in [-0.1, -0.05) is 74.5 Å². The largest absolute Gasteiger partial charge is 0.423 e. The fourth-order valence-corrected chi connectivity index (χ4v) is 4.18. The number of carbonyl (C=O) groups is 1. The third-order valence-electron chi connectivity index (χ3n) is 6.02. The van der Waals surface area contributed by atoms with Gasteiger partial charge in [0, 0.05) is 0 Å². The molecular formula is C27H22O2. The second-order valence-electron chi connectivity index (χ2n) is 7.74. The Labute approximate surface area is 170 Å². The molecule has 1 atom stereocenters. The number of ether oxygens (including phenoxy) is 1. The van der Waals surface area contributed by atoms with Crippen LogP contribution in [-0.4, -0.2) is 5.97 Å². The quantitative estimate of drug-likeness (QED) is 0.186. The fourth-order valence-electron chi connectivity index (χ4n) is 4.18. The van der Waals surface area contributed by atoms with Gasteiger partial charge in [0.2, 0.25) is 0 Å². The normalized spacial score (nSPS) is 12.6. The van der Waals surface area contributed by atoms with Gasteiger partial charge in [-0.3, -0.25) is 0 Å². The summed E-state index contributed by atoms with van der Waals surface area (Å²) in [7, 11) is 0. The average Bonchev–Trinajstić information content (AvgIpc) is 2.77. The van der Waals surface area contributed by atoms with Crippen LogP contribution in [0.3, 0.4) is 0 Å². The maximum atomic E-state index is 13.0. The van der Waals surface area contributed by atoms with Gasteiger partial charge in [0.1, 0.15) is 5.75 Å². The monoisotopic (exact) mass is 378 g/mol. The van der Waals surface area contributed by atoms with Crippen LogP contribution in [0, 0.1) is 0 Å². The molecule has 0 radical (unpaired) electrons. The number of hydrogen-bond acceptors (Lipinski definition) is 2. The van der Waals surface area contributed by atoms with E-state index in [-0.39, 0.29) is 5.97 Å². The first kappa shape index (κ1) is 17.7. The van der Waals surface area contributed by atoms with Gasteiger partial charge < -0.3 is 4.74 Å². The summed E-state index contributed by atoms with van der Waals surface area (Å²) in [6.07, 6.45) is 1.09. The third kappa shape index (κ3) is 2.92. The molecule has 5 aromatic carbocycles. The highest BCUT2D eigenvalue weighted by Crippen LogP contribution is 2.36. The lowest BCUT2D eigenvalue weighted by molar-refractivity contribution is 0.0737. The van der Waals surface area contributed by atoms with Crippen molar-refractivity contribution in [2.75, 3.05) is 0 Å². The van der Waals surface area contributed by atoms with Crippen LogP contribution in [0.4, 0.5) is 0 Å². The number of benzene rings is 5. The van der Waals surface area contributed by atoms with Gasteiger partial charge in [-0.15, -0.1) is 0 Å². The zero-order valence-electron chi connectivity index (χ0n) is 16.6. The Morgan fingerprint density at radius 2 is 1.41 bits per heavy atom. The van der Waals surface area contributed by atoms with Crippen LogP contribution in [0.5, 0.6) is 5.75 Å². The summed E-state index contributed by atoms with van der Waals surface area (Å²) in [5, 5.41) is 6.78. The Morgan fingerprint density at radius 3 is 2.10 bits per heavy atom. The predicted octanol–water partition coefficient (Wildman–Crippen LogP) is 7.32. The van der Waals surface area contributed by atoms with Crippen molar-refractivity contribution in [2.24, 2.45) is 0 Å². The smallest absolute Gasteiger partial charge is 0.344 e. The molecule has 0 aromatic heterocycles. The standard InChI is InChI=1S/C27H22O2/c1-3-17(2)18-9-13-22(14-10-18)29-27(28)24-16-12-21-8-7-19-5-4-6-20-11-15-23(24)26(21)25(19)20/h4-17H,3H2,1-2H3. The van der Waals surface area contributed by atoms with E-state index < -0.39 is 0 Å². The molecule has 0 aliphatic heterocycles. The molecule has 5 aromatic rings. The molecule has 29 heavy (non-hydrogen) atoms. The van der Waals surface area contributed by atoms with Gasteiger partial charge in [0.15, 0.2) is 0 Å². The van der Waals surface area contributed by atoms with Crippen molar-refractivity contribution < 1.29 is 9.53 Å². The van der Waals surface area contributed by atoms with Crippen LogP contribution in [0.25, 0.3) is 32.3 Å². The van der Waals surface area contributed by atoms with E-state index in [9.17, 15) is 4.79 Å². The number of esters is 1. The van der Waals surface area contributed by atoms with E-state index in [1.165, 1.54) is 21.7 Å². The summed E-state index contributed by atoms with van der Waals surface area (Å²) in [6, 6.07) is 26.4. The van der Waals surface area contributed by atoms with E-state index >= 15 is 0 Å². The Balaban J connectivity index is 1.57. The number of hydrogen-bond donors (Lipinski definition) is 0. The van der Waals surface area contributed by atoms with Crippen molar-refractivity contribution in [1.82, 2.24) is 0 Å². The van der Waals surface area contributed by atoms with Crippen LogP contribution in [0.15, 0.2) is 78.9 Å². The van der Waals surface area contributed by atoms with Gasteiger partial charge in [0.05, 0.1) is 5.56 Å². The van der Waals surface area contributed by atoms with Crippen molar-refractivity contribution in [3.05, 3.63) is 90.0 Å². The maximum Gasteiger partial charge on any atom is 0.344 e. The lowest BCUT2D eigenvalue weighted by Crippen LogP contribution is -2.09. The number of rotatable bonds is 4. The van der Waals surface area contributed by atoms with Crippen LogP contribution in [-0.2, 0) is 0 Å². The summed E-state index contributed by atoms with van der Waals surface area (Å²) in [5.41, 5.74) is 1.86. The molecule has 5 rings (SSSR count). The van der Waals surface area contributed by atoms with Crippen molar-refractivity contribution in [1.29, 1.82) is 0 Å². The molecule has 0 amide bonds. The van der Waals surface area contributed by atoms with Gasteiger partial charge in [-0.25, -0.2) is 4.79 Å². The summed E-state index contributed by atoms with van der Waals surface area (Å²) in [4.78, 5) is 13.0. The van der Waals surface area contributed by atoms with E-state index in [2.05, 4.69) is 50.2 Å². The Morgan fingerprint density at radius 1 is 0.793 bits per heavy atom. The maximum absolute atomic E-state index is 13.0. The van der Waals surface area contributed by atoms with E-state index in [0.717, 1.165) is 22.6 Å². The molecule has 0 saturated heterocycles. The zero-order chi connectivity index (χ0) is 20.0. The Kier molecular flexibility index (Phi) is 4.21. The van der Waals surface area contributed by atoms with Gasteiger partial charge in [0.25, 0.3) is 0 Å². The molecule has 1 unspecified atom stereocenters. The Hall–Kier alpha value is -3.39. The van der Waals surface area contributed by atoms with Crippen molar-refractivity contribution >= 4 is 38.3 Å². The Bertz CT molecular complexity index is 1320. The summed E-state index contributed by atoms with van der Waals surface area (Å²) in [5.74, 6) is 0.754. The molecule has 0 aliphatic carbocycles. The average molecular weight is 378 g/mol. The third-order valence-corrected chi connectivity index (χ3v) is 6.02. The molecule has 0 fully saturated rings. The molecular weight excluding hydrogens is 356 g/mol. The van der Waals surface area contributed by atoms with Gasteiger partial charge in [-0.2, -0.15) is 0 Å². The van der Waals surface area contributed by atoms with Crippen LogP contribution in [0.2, 0.25) is 0 Å². The first-order valence-electron chi connectivity index (χ1n) is 10.1. The van der Waals surface area contributed by atoms with Crippen LogP contribution < -0.4 is 4.74 Å². The van der Waals surface area contributed by atoms with E-state index in [1.54, 1.807) is 0 Å². The van der Waals surface area contributed by atoms with Gasteiger partial charge in [-0.05, 0) is 68.4 Å². The van der Waals surface area contributed by atoms with E-state index in [4.69, 9.17) is 4.74 Å². The second kappa shape index (κ2) is 6.89. The minimum atomic E-state index is -0.320. The lowest BCUT2D eigenvalue weighted by atomic mass is 9.92. The van der Waals surface area contributed by atoms with E-state index in [1.807, 2.05) is 42.5 Å². The molecule has 0 bridgehead atoms. The summed E-state index contributed by atoms with van der Waals surface area (Å²) >= 11 is 0. The van der Waals surface area contributed by atoms with Crippen LogP contribution in [0.1, 0.15) is 42.1 Å². The highest BCUT2D eigenvalue weighted by atomic mass is 16.5. The first-order valence-corrected chi connectivity index (χ1v) is 10.1. The first-order chi connectivity index (χ1) is 14.2. The molecule has 0 saturated carbocycles. The van der Waals surface area contributed by atoms with Gasteiger partial charge >= 0.3 is 5.97 Å².